The molecule has 1 heterocycles. The Balaban J connectivity index is 1.41. The van der Waals surface area contributed by atoms with Crippen molar-refractivity contribution in [1.29, 1.82) is 0 Å². The molecule has 0 spiro atoms. The van der Waals surface area contributed by atoms with Gasteiger partial charge in [-0.1, -0.05) is 48.2 Å². The Morgan fingerprint density at radius 2 is 1.82 bits per heavy atom. The van der Waals surface area contributed by atoms with Crippen LogP contribution >= 0.6 is 11.8 Å². The monoisotopic (exact) mass is 389 g/mol. The summed E-state index contributed by atoms with van der Waals surface area (Å²) in [7, 11) is 0. The zero-order valence-electron chi connectivity index (χ0n) is 15.6. The van der Waals surface area contributed by atoms with Crippen LogP contribution in [0.3, 0.4) is 0 Å². The number of aromatic nitrogens is 1. The Kier molecular flexibility index (Phi) is 6.04. The minimum atomic E-state index is 0.0249. The SMILES string of the molecule is O=C(CN(Cc1cccnc1)C1CC1)Nc1ccccc1Sc1ccccc1. The molecule has 1 aliphatic carbocycles. The molecule has 1 aromatic heterocycles. The summed E-state index contributed by atoms with van der Waals surface area (Å²) < 4.78 is 0. The zero-order chi connectivity index (χ0) is 19.2. The Hall–Kier alpha value is -2.63. The smallest absolute Gasteiger partial charge is 0.238 e. The molecule has 28 heavy (non-hydrogen) atoms. The lowest BCUT2D eigenvalue weighted by atomic mass is 10.2. The van der Waals surface area contributed by atoms with E-state index in [2.05, 4.69) is 33.4 Å². The van der Waals surface area contributed by atoms with Crippen molar-refractivity contribution < 1.29 is 4.79 Å². The predicted octanol–water partition coefficient (Wildman–Crippen LogP) is 4.84. The molecule has 1 aliphatic rings. The van der Waals surface area contributed by atoms with E-state index in [-0.39, 0.29) is 5.91 Å². The molecule has 4 nitrogen and oxygen atoms in total. The van der Waals surface area contributed by atoms with Gasteiger partial charge in [0.15, 0.2) is 0 Å². The van der Waals surface area contributed by atoms with E-state index >= 15 is 0 Å². The van der Waals surface area contributed by atoms with Crippen LogP contribution < -0.4 is 5.32 Å². The number of anilines is 1. The molecule has 1 amide bonds. The molecule has 1 saturated carbocycles. The Bertz CT molecular complexity index is 913. The lowest BCUT2D eigenvalue weighted by Crippen LogP contribution is -2.34. The molecular formula is C23H23N3OS. The van der Waals surface area contributed by atoms with Crippen molar-refractivity contribution in [1.82, 2.24) is 9.88 Å². The van der Waals surface area contributed by atoms with Crippen molar-refractivity contribution in [2.24, 2.45) is 0 Å². The minimum absolute atomic E-state index is 0.0249. The number of benzene rings is 2. The first kappa shape index (κ1) is 18.7. The number of nitrogens with one attached hydrogen (secondary N) is 1. The molecule has 0 atom stereocenters. The van der Waals surface area contributed by atoms with E-state index in [0.29, 0.717) is 12.6 Å². The van der Waals surface area contributed by atoms with Crippen LogP contribution in [0.15, 0.2) is 88.9 Å². The fourth-order valence-electron chi connectivity index (χ4n) is 3.13. The number of carbonyl (C=O) groups excluding carboxylic acids is 1. The minimum Gasteiger partial charge on any atom is -0.324 e. The fraction of sp³-hybridized carbons (Fsp3) is 0.217. The summed E-state index contributed by atoms with van der Waals surface area (Å²) in [6.45, 7) is 1.15. The molecule has 4 rings (SSSR count). The largest absolute Gasteiger partial charge is 0.324 e. The zero-order valence-corrected chi connectivity index (χ0v) is 16.4. The number of nitrogens with zero attached hydrogens (tertiary/aromatic N) is 2. The van der Waals surface area contributed by atoms with Gasteiger partial charge in [-0.2, -0.15) is 0 Å². The van der Waals surface area contributed by atoms with Crippen LogP contribution in [-0.4, -0.2) is 28.4 Å². The van der Waals surface area contributed by atoms with Crippen LogP contribution in [0.2, 0.25) is 0 Å². The molecule has 0 bridgehead atoms. The molecule has 5 heteroatoms. The third-order valence-electron chi connectivity index (χ3n) is 4.65. The van der Waals surface area contributed by atoms with Crippen molar-refractivity contribution >= 4 is 23.4 Å². The molecular weight excluding hydrogens is 366 g/mol. The number of hydrogen-bond donors (Lipinski definition) is 1. The van der Waals surface area contributed by atoms with Gasteiger partial charge in [-0.15, -0.1) is 0 Å². The van der Waals surface area contributed by atoms with Gasteiger partial charge in [0.1, 0.15) is 0 Å². The number of amides is 1. The molecule has 2 aromatic carbocycles. The lowest BCUT2D eigenvalue weighted by Gasteiger charge is -2.21. The number of pyridine rings is 1. The summed E-state index contributed by atoms with van der Waals surface area (Å²) in [5, 5.41) is 3.11. The Morgan fingerprint density at radius 3 is 2.57 bits per heavy atom. The number of rotatable bonds is 8. The van der Waals surface area contributed by atoms with E-state index in [9.17, 15) is 4.79 Å². The normalized spacial score (nSPS) is 13.5. The molecule has 0 saturated heterocycles. The van der Waals surface area contributed by atoms with Crippen LogP contribution in [0, 0.1) is 0 Å². The summed E-state index contributed by atoms with van der Waals surface area (Å²) in [4.78, 5) is 21.4. The van der Waals surface area contributed by atoms with Crippen molar-refractivity contribution in [3.05, 3.63) is 84.7 Å². The Morgan fingerprint density at radius 1 is 1.04 bits per heavy atom. The van der Waals surface area contributed by atoms with Gasteiger partial charge in [0, 0.05) is 34.8 Å². The maximum absolute atomic E-state index is 12.8. The third-order valence-corrected chi connectivity index (χ3v) is 5.73. The van der Waals surface area contributed by atoms with Crippen molar-refractivity contribution in [2.45, 2.75) is 35.2 Å². The van der Waals surface area contributed by atoms with Gasteiger partial charge >= 0.3 is 0 Å². The maximum Gasteiger partial charge on any atom is 0.238 e. The van der Waals surface area contributed by atoms with Gasteiger partial charge in [0.05, 0.1) is 12.2 Å². The molecule has 3 aromatic rings. The molecule has 0 aliphatic heterocycles. The average molecular weight is 390 g/mol. The second-order valence-electron chi connectivity index (χ2n) is 6.96. The van der Waals surface area contributed by atoms with Gasteiger partial charge in [-0.25, -0.2) is 0 Å². The second kappa shape index (κ2) is 9.04. The van der Waals surface area contributed by atoms with Gasteiger partial charge in [-0.3, -0.25) is 14.7 Å². The van der Waals surface area contributed by atoms with Crippen LogP contribution in [-0.2, 0) is 11.3 Å². The highest BCUT2D eigenvalue weighted by Crippen LogP contribution is 2.33. The van der Waals surface area contributed by atoms with Crippen LogP contribution in [0.1, 0.15) is 18.4 Å². The summed E-state index contributed by atoms with van der Waals surface area (Å²) in [5.41, 5.74) is 2.00. The fourth-order valence-corrected chi connectivity index (χ4v) is 4.05. The predicted molar refractivity (Wildman–Crippen MR) is 113 cm³/mol. The highest BCUT2D eigenvalue weighted by Gasteiger charge is 2.30. The second-order valence-corrected chi connectivity index (χ2v) is 8.07. The highest BCUT2D eigenvalue weighted by molar-refractivity contribution is 7.99. The van der Waals surface area contributed by atoms with E-state index in [1.54, 1.807) is 18.0 Å². The lowest BCUT2D eigenvalue weighted by molar-refractivity contribution is -0.117. The number of hydrogen-bond acceptors (Lipinski definition) is 4. The van der Waals surface area contributed by atoms with Crippen LogP contribution in [0.5, 0.6) is 0 Å². The summed E-state index contributed by atoms with van der Waals surface area (Å²) >= 11 is 1.66. The molecule has 0 unspecified atom stereocenters. The van der Waals surface area contributed by atoms with Crippen LogP contribution in [0.4, 0.5) is 5.69 Å². The first-order chi connectivity index (χ1) is 13.8. The highest BCUT2D eigenvalue weighted by atomic mass is 32.2. The van der Waals surface area contributed by atoms with Gasteiger partial charge in [0.2, 0.25) is 5.91 Å². The van der Waals surface area contributed by atoms with E-state index in [1.165, 1.54) is 0 Å². The summed E-state index contributed by atoms with van der Waals surface area (Å²) in [5.74, 6) is 0.0249. The number of carbonyl (C=O) groups is 1. The third kappa shape index (κ3) is 5.21. The summed E-state index contributed by atoms with van der Waals surface area (Å²) in [6.07, 6.45) is 5.97. The maximum atomic E-state index is 12.8. The number of para-hydroxylation sites is 1. The Labute approximate surface area is 170 Å². The van der Waals surface area contributed by atoms with E-state index < -0.39 is 0 Å². The first-order valence-corrected chi connectivity index (χ1v) is 10.3. The quantitative estimate of drug-likeness (QED) is 0.599. The van der Waals surface area contributed by atoms with Crippen molar-refractivity contribution in [2.75, 3.05) is 11.9 Å². The first-order valence-electron chi connectivity index (χ1n) is 9.53. The van der Waals surface area contributed by atoms with E-state index in [1.807, 2.05) is 54.7 Å². The van der Waals surface area contributed by atoms with Crippen LogP contribution in [0.25, 0.3) is 0 Å². The van der Waals surface area contributed by atoms with E-state index in [0.717, 1.165) is 40.4 Å². The van der Waals surface area contributed by atoms with Gasteiger partial charge in [0.25, 0.3) is 0 Å². The molecule has 1 N–H and O–H groups in total. The molecule has 142 valence electrons. The van der Waals surface area contributed by atoms with Crippen molar-refractivity contribution in [3.8, 4) is 0 Å². The van der Waals surface area contributed by atoms with E-state index in [4.69, 9.17) is 0 Å². The van der Waals surface area contributed by atoms with Gasteiger partial charge in [-0.05, 0) is 48.7 Å². The summed E-state index contributed by atoms with van der Waals surface area (Å²) in [6, 6.07) is 22.7. The topological polar surface area (TPSA) is 45.2 Å². The standard InChI is InChI=1S/C23H23N3OS/c27-23(17-26(19-12-13-19)16-18-7-6-14-24-15-18)25-21-10-4-5-11-22(21)28-20-8-2-1-3-9-20/h1-11,14-15,19H,12-13,16-17H2,(H,25,27). The molecule has 0 radical (unpaired) electrons. The van der Waals surface area contributed by atoms with Crippen molar-refractivity contribution in [3.63, 3.8) is 0 Å². The van der Waals surface area contributed by atoms with Gasteiger partial charge < -0.3 is 5.32 Å². The average Bonchev–Trinajstić information content (AvgIpc) is 3.56. The molecule has 1 fully saturated rings.